The van der Waals surface area contributed by atoms with Crippen molar-refractivity contribution in [3.8, 4) is 0 Å². The highest BCUT2D eigenvalue weighted by molar-refractivity contribution is 6.30. The molecule has 0 spiro atoms. The van der Waals surface area contributed by atoms with E-state index in [1.165, 1.54) is 36.9 Å². The van der Waals surface area contributed by atoms with Gasteiger partial charge in [-0.25, -0.2) is 0 Å². The molecule has 1 aromatic carbocycles. The van der Waals surface area contributed by atoms with Crippen LogP contribution in [0.5, 0.6) is 0 Å². The van der Waals surface area contributed by atoms with Crippen LogP contribution in [0.25, 0.3) is 0 Å². The summed E-state index contributed by atoms with van der Waals surface area (Å²) in [5.74, 6) is 0. The summed E-state index contributed by atoms with van der Waals surface area (Å²) in [6, 6.07) is 6.90. The average Bonchev–Trinajstić information content (AvgIpc) is 2.28. The summed E-state index contributed by atoms with van der Waals surface area (Å²) in [6.45, 7) is 11.7. The number of nitrogens with one attached hydrogen (secondary N) is 1. The van der Waals surface area contributed by atoms with E-state index in [1.54, 1.807) is 0 Å². The molecule has 0 unspecified atom stereocenters. The lowest BCUT2D eigenvalue weighted by molar-refractivity contribution is 0.239. The molecule has 2 heteroatoms. The molecular weight excluding hydrogens is 266 g/mol. The van der Waals surface area contributed by atoms with Gasteiger partial charge >= 0.3 is 0 Å². The van der Waals surface area contributed by atoms with E-state index in [9.17, 15) is 0 Å². The standard InChI is InChI=1S/C18H28ClN/c1-6-7-14-11-18(5,12-17(2,3)4)15-10-13(19)8-9-16(15)20-14/h8-10,14,20H,6-7,11-12H2,1-5H3/t14-,18+/m1/s1. The molecule has 1 aliphatic heterocycles. The van der Waals surface area contributed by atoms with Crippen LogP contribution in [0.1, 0.15) is 65.9 Å². The number of anilines is 1. The van der Waals surface area contributed by atoms with Crippen LogP contribution in [-0.4, -0.2) is 6.04 Å². The highest BCUT2D eigenvalue weighted by Gasteiger charge is 2.38. The Balaban J connectivity index is 2.41. The van der Waals surface area contributed by atoms with Gasteiger partial charge in [-0.1, -0.05) is 52.6 Å². The number of fused-ring (bicyclic) bond motifs is 1. The van der Waals surface area contributed by atoms with E-state index in [2.05, 4.69) is 52.1 Å². The lowest BCUT2D eigenvalue weighted by Gasteiger charge is -2.44. The van der Waals surface area contributed by atoms with Gasteiger partial charge in [0.15, 0.2) is 0 Å². The molecule has 1 nitrogen and oxygen atoms in total. The third-order valence-corrected chi connectivity index (χ3v) is 4.48. The molecule has 1 heterocycles. The molecule has 0 aromatic heterocycles. The molecule has 0 aliphatic carbocycles. The van der Waals surface area contributed by atoms with Gasteiger partial charge in [0.05, 0.1) is 0 Å². The zero-order valence-electron chi connectivity index (χ0n) is 13.5. The Labute approximate surface area is 129 Å². The van der Waals surface area contributed by atoms with Crippen molar-refractivity contribution in [2.75, 3.05) is 5.32 Å². The zero-order valence-corrected chi connectivity index (χ0v) is 14.3. The van der Waals surface area contributed by atoms with Crippen molar-refractivity contribution in [3.63, 3.8) is 0 Å². The predicted molar refractivity (Wildman–Crippen MR) is 89.8 cm³/mol. The number of rotatable bonds is 3. The molecule has 0 saturated heterocycles. The van der Waals surface area contributed by atoms with Crippen molar-refractivity contribution in [3.05, 3.63) is 28.8 Å². The minimum Gasteiger partial charge on any atom is -0.382 e. The van der Waals surface area contributed by atoms with Crippen molar-refractivity contribution in [2.24, 2.45) is 5.41 Å². The van der Waals surface area contributed by atoms with Crippen molar-refractivity contribution >= 4 is 17.3 Å². The molecule has 0 saturated carbocycles. The monoisotopic (exact) mass is 293 g/mol. The highest BCUT2D eigenvalue weighted by atomic mass is 35.5. The smallest absolute Gasteiger partial charge is 0.0410 e. The van der Waals surface area contributed by atoms with E-state index in [4.69, 9.17) is 11.6 Å². The quantitative estimate of drug-likeness (QED) is 0.718. The molecule has 2 atom stereocenters. The zero-order chi connectivity index (χ0) is 15.0. The van der Waals surface area contributed by atoms with E-state index in [0.29, 0.717) is 11.5 Å². The largest absolute Gasteiger partial charge is 0.382 e. The first-order chi connectivity index (χ1) is 9.23. The number of hydrogen-bond acceptors (Lipinski definition) is 1. The maximum atomic E-state index is 6.24. The normalized spacial score (nSPS) is 26.0. The Morgan fingerprint density at radius 2 is 2.05 bits per heavy atom. The first kappa shape index (κ1) is 15.7. The summed E-state index contributed by atoms with van der Waals surface area (Å²) >= 11 is 6.24. The molecule has 20 heavy (non-hydrogen) atoms. The minimum absolute atomic E-state index is 0.212. The Morgan fingerprint density at radius 3 is 2.65 bits per heavy atom. The van der Waals surface area contributed by atoms with E-state index in [-0.39, 0.29) is 5.41 Å². The fourth-order valence-electron chi connectivity index (χ4n) is 3.93. The van der Waals surface area contributed by atoms with Gasteiger partial charge in [0, 0.05) is 16.8 Å². The number of halogens is 1. The van der Waals surface area contributed by atoms with Gasteiger partial charge in [0.25, 0.3) is 0 Å². The molecule has 0 bridgehead atoms. The van der Waals surface area contributed by atoms with Gasteiger partial charge < -0.3 is 5.32 Å². The minimum atomic E-state index is 0.212. The fourth-order valence-corrected chi connectivity index (χ4v) is 4.10. The van der Waals surface area contributed by atoms with Crippen LogP contribution in [0.2, 0.25) is 5.02 Å². The molecular formula is C18H28ClN. The van der Waals surface area contributed by atoms with E-state index in [0.717, 1.165) is 5.02 Å². The first-order valence-corrected chi connectivity index (χ1v) is 8.18. The van der Waals surface area contributed by atoms with Gasteiger partial charge in [-0.2, -0.15) is 0 Å². The molecule has 0 radical (unpaired) electrons. The van der Waals surface area contributed by atoms with E-state index >= 15 is 0 Å². The first-order valence-electron chi connectivity index (χ1n) is 7.80. The van der Waals surface area contributed by atoms with Crippen LogP contribution in [0.4, 0.5) is 5.69 Å². The third-order valence-electron chi connectivity index (χ3n) is 4.25. The maximum Gasteiger partial charge on any atom is 0.0410 e. The summed E-state index contributed by atoms with van der Waals surface area (Å²) in [6.07, 6.45) is 4.86. The SMILES string of the molecule is CCC[C@@H]1C[C@@](C)(CC(C)(C)C)c2cc(Cl)ccc2N1. The third kappa shape index (κ3) is 3.49. The van der Waals surface area contributed by atoms with Gasteiger partial charge in [-0.3, -0.25) is 0 Å². The van der Waals surface area contributed by atoms with Crippen LogP contribution in [-0.2, 0) is 5.41 Å². The Hall–Kier alpha value is -0.690. The second-order valence-electron chi connectivity index (χ2n) is 7.82. The Morgan fingerprint density at radius 1 is 1.35 bits per heavy atom. The molecule has 1 aliphatic rings. The average molecular weight is 294 g/mol. The second kappa shape index (κ2) is 5.60. The summed E-state index contributed by atoms with van der Waals surface area (Å²) < 4.78 is 0. The van der Waals surface area contributed by atoms with Crippen molar-refractivity contribution in [1.29, 1.82) is 0 Å². The van der Waals surface area contributed by atoms with E-state index < -0.39 is 0 Å². The topological polar surface area (TPSA) is 12.0 Å². The van der Waals surface area contributed by atoms with Crippen LogP contribution in [0.3, 0.4) is 0 Å². The summed E-state index contributed by atoms with van der Waals surface area (Å²) in [5.41, 5.74) is 3.21. The van der Waals surface area contributed by atoms with Crippen molar-refractivity contribution in [2.45, 2.75) is 71.8 Å². The van der Waals surface area contributed by atoms with Gasteiger partial charge in [0.2, 0.25) is 0 Å². The Kier molecular flexibility index (Phi) is 4.39. The van der Waals surface area contributed by atoms with Gasteiger partial charge in [0.1, 0.15) is 0 Å². The molecule has 0 amide bonds. The number of hydrogen-bond donors (Lipinski definition) is 1. The van der Waals surface area contributed by atoms with Crippen LogP contribution < -0.4 is 5.32 Å². The molecule has 1 N–H and O–H groups in total. The fraction of sp³-hybridized carbons (Fsp3) is 0.667. The molecule has 0 fully saturated rings. The second-order valence-corrected chi connectivity index (χ2v) is 8.26. The van der Waals surface area contributed by atoms with Crippen molar-refractivity contribution < 1.29 is 0 Å². The highest BCUT2D eigenvalue weighted by Crippen LogP contribution is 2.47. The van der Waals surface area contributed by atoms with Crippen LogP contribution in [0, 0.1) is 5.41 Å². The predicted octanol–water partition coefficient (Wildman–Crippen LogP) is 6.02. The molecule has 112 valence electrons. The lowest BCUT2D eigenvalue weighted by Crippen LogP contribution is -2.40. The van der Waals surface area contributed by atoms with E-state index in [1.807, 2.05) is 6.07 Å². The van der Waals surface area contributed by atoms with Gasteiger partial charge in [-0.05, 0) is 53.9 Å². The Bertz CT molecular complexity index is 475. The summed E-state index contributed by atoms with van der Waals surface area (Å²) in [4.78, 5) is 0. The van der Waals surface area contributed by atoms with Crippen LogP contribution >= 0.6 is 11.6 Å². The molecule has 1 aromatic rings. The van der Waals surface area contributed by atoms with Gasteiger partial charge in [-0.15, -0.1) is 0 Å². The number of benzene rings is 1. The molecule has 2 rings (SSSR count). The lowest BCUT2D eigenvalue weighted by atomic mass is 9.65. The summed E-state index contributed by atoms with van der Waals surface area (Å²) in [7, 11) is 0. The summed E-state index contributed by atoms with van der Waals surface area (Å²) in [5, 5.41) is 4.55. The van der Waals surface area contributed by atoms with Crippen LogP contribution in [0.15, 0.2) is 18.2 Å². The van der Waals surface area contributed by atoms with Crippen molar-refractivity contribution in [1.82, 2.24) is 0 Å². The maximum absolute atomic E-state index is 6.24.